The average Bonchev–Trinajstić information content (AvgIpc) is 3.05. The number of alkyl halides is 1. The first kappa shape index (κ1) is 21.9. The van der Waals surface area contributed by atoms with Crippen LogP contribution in [0.4, 0.5) is 17.3 Å². The topological polar surface area (TPSA) is 45.8 Å². The second kappa shape index (κ2) is 10.2. The maximum absolute atomic E-state index is 4.57. The number of imidazole rings is 1. The fourth-order valence-electron chi connectivity index (χ4n) is 3.22. The minimum Gasteiger partial charge on any atom is -0.357 e. The number of anilines is 1. The highest BCUT2D eigenvalue weighted by atomic mass is 127. The molecule has 6 heteroatoms. The quantitative estimate of drug-likeness (QED) is 0.159. The van der Waals surface area contributed by atoms with Crippen molar-refractivity contribution in [3.8, 4) is 0 Å². The molecule has 0 radical (unpaired) electrons. The van der Waals surface area contributed by atoms with Crippen molar-refractivity contribution < 1.29 is 0 Å². The molecule has 1 aromatic heterocycles. The number of halogens is 1. The van der Waals surface area contributed by atoms with Crippen LogP contribution in [0.25, 0.3) is 0 Å². The zero-order valence-corrected chi connectivity index (χ0v) is 19.4. The Morgan fingerprint density at radius 3 is 2.30 bits per heavy atom. The Labute approximate surface area is 177 Å². The zero-order valence-electron chi connectivity index (χ0n) is 17.2. The predicted octanol–water partition coefficient (Wildman–Crippen LogP) is 6.96. The van der Waals surface area contributed by atoms with E-state index in [1.54, 1.807) is 0 Å². The third kappa shape index (κ3) is 5.53. The molecule has 1 heterocycles. The first-order valence-electron chi connectivity index (χ1n) is 9.97. The van der Waals surface area contributed by atoms with E-state index in [1.807, 2.05) is 29.9 Å². The number of benzene rings is 1. The van der Waals surface area contributed by atoms with Gasteiger partial charge in [0.2, 0.25) is 5.95 Å². The number of nitrogens with zero attached hydrogens (tertiary/aromatic N) is 5. The van der Waals surface area contributed by atoms with Crippen LogP contribution in [-0.2, 0) is 13.5 Å². The first-order chi connectivity index (χ1) is 13.0. The fourth-order valence-corrected chi connectivity index (χ4v) is 3.84. The molecule has 5 nitrogen and oxygen atoms in total. The Bertz CT molecular complexity index is 732. The minimum atomic E-state index is 0.150. The Balaban J connectivity index is 2.13. The average molecular weight is 481 g/mol. The van der Waals surface area contributed by atoms with Crippen molar-refractivity contribution in [2.75, 3.05) is 11.4 Å². The van der Waals surface area contributed by atoms with E-state index in [9.17, 15) is 0 Å². The number of azo groups is 1. The molecule has 0 saturated carbocycles. The van der Waals surface area contributed by atoms with Gasteiger partial charge in [0, 0.05) is 25.5 Å². The summed E-state index contributed by atoms with van der Waals surface area (Å²) >= 11 is 2.59. The number of hydrogen-bond donors (Lipinski definition) is 0. The van der Waals surface area contributed by atoms with Gasteiger partial charge < -0.3 is 9.47 Å². The van der Waals surface area contributed by atoms with Gasteiger partial charge in [-0.3, -0.25) is 0 Å². The summed E-state index contributed by atoms with van der Waals surface area (Å²) in [4.78, 5) is 7.03. The number of aryl methyl sites for hydroxylation is 2. The summed E-state index contributed by atoms with van der Waals surface area (Å²) in [7, 11) is 1.97. The van der Waals surface area contributed by atoms with E-state index >= 15 is 0 Å². The number of unbranched alkanes of at least 4 members (excludes halogenated alkanes) is 1. The molecule has 2 aromatic rings. The van der Waals surface area contributed by atoms with E-state index in [4.69, 9.17) is 0 Å². The fraction of sp³-hybridized carbons (Fsp3) is 0.571. The third-order valence-electron chi connectivity index (χ3n) is 4.99. The lowest BCUT2D eigenvalue weighted by molar-refractivity contribution is 0.543. The lowest BCUT2D eigenvalue weighted by Gasteiger charge is -2.40. The van der Waals surface area contributed by atoms with E-state index < -0.39 is 0 Å². The van der Waals surface area contributed by atoms with Gasteiger partial charge in [0.05, 0.1) is 14.9 Å². The highest BCUT2D eigenvalue weighted by molar-refractivity contribution is 14.1. The summed E-state index contributed by atoms with van der Waals surface area (Å²) in [5, 5.41) is 8.72. The zero-order chi connectivity index (χ0) is 19.9. The van der Waals surface area contributed by atoms with E-state index in [1.165, 1.54) is 12.1 Å². The first-order valence-corrected chi connectivity index (χ1v) is 11.1. The van der Waals surface area contributed by atoms with Crippen molar-refractivity contribution in [1.29, 1.82) is 0 Å². The molecule has 0 aliphatic heterocycles. The summed E-state index contributed by atoms with van der Waals surface area (Å²) < 4.78 is 2.09. The highest BCUT2D eigenvalue weighted by Crippen LogP contribution is 2.36. The molecule has 0 spiro atoms. The van der Waals surface area contributed by atoms with Crippen LogP contribution in [0.5, 0.6) is 0 Å². The van der Waals surface area contributed by atoms with Gasteiger partial charge >= 0.3 is 0 Å². The largest absolute Gasteiger partial charge is 0.357 e. The summed E-state index contributed by atoms with van der Waals surface area (Å²) in [6.45, 7) is 9.89. The summed E-state index contributed by atoms with van der Waals surface area (Å²) in [5.41, 5.74) is 3.16. The Kier molecular flexibility index (Phi) is 8.26. The minimum absolute atomic E-state index is 0.150. The molecule has 0 bridgehead atoms. The summed E-state index contributed by atoms with van der Waals surface area (Å²) in [5.74, 6) is 0.656. The van der Waals surface area contributed by atoms with Crippen LogP contribution >= 0.6 is 22.6 Å². The Hall–Kier alpha value is -1.44. The van der Waals surface area contributed by atoms with Crippen molar-refractivity contribution in [2.24, 2.45) is 17.3 Å². The Morgan fingerprint density at radius 1 is 1.07 bits per heavy atom. The van der Waals surface area contributed by atoms with Crippen LogP contribution in [0.3, 0.4) is 0 Å². The molecular formula is C21H32IN5. The molecule has 0 amide bonds. The van der Waals surface area contributed by atoms with Gasteiger partial charge in [-0.2, -0.15) is 0 Å². The second-order valence-corrected chi connectivity index (χ2v) is 8.84. The SMILES string of the molecule is CCCCc1cn(C)c(N=Nc2ccc(N(CC)C(I)(CC)CC)cc2)n1. The van der Waals surface area contributed by atoms with Crippen LogP contribution < -0.4 is 4.90 Å². The van der Waals surface area contributed by atoms with Crippen LogP contribution in [0.1, 0.15) is 59.1 Å². The molecule has 0 saturated heterocycles. The van der Waals surface area contributed by atoms with Gasteiger partial charge in [-0.1, -0.05) is 49.8 Å². The third-order valence-corrected chi connectivity index (χ3v) is 7.10. The van der Waals surface area contributed by atoms with Crippen molar-refractivity contribution >= 4 is 39.9 Å². The number of aromatic nitrogens is 2. The molecule has 27 heavy (non-hydrogen) atoms. The maximum atomic E-state index is 4.57. The van der Waals surface area contributed by atoms with Crippen LogP contribution in [0.15, 0.2) is 40.7 Å². The Morgan fingerprint density at radius 2 is 1.74 bits per heavy atom. The summed E-state index contributed by atoms with van der Waals surface area (Å²) in [6.07, 6.45) is 7.58. The van der Waals surface area contributed by atoms with Crippen molar-refractivity contribution in [3.05, 3.63) is 36.2 Å². The van der Waals surface area contributed by atoms with Crippen LogP contribution in [0.2, 0.25) is 0 Å². The molecule has 0 unspecified atom stereocenters. The monoisotopic (exact) mass is 481 g/mol. The van der Waals surface area contributed by atoms with Crippen molar-refractivity contribution in [3.63, 3.8) is 0 Å². The van der Waals surface area contributed by atoms with Crippen LogP contribution in [-0.4, -0.2) is 19.6 Å². The van der Waals surface area contributed by atoms with Crippen molar-refractivity contribution in [2.45, 2.75) is 63.3 Å². The molecule has 0 atom stereocenters. The normalized spacial score (nSPS) is 12.1. The summed E-state index contributed by atoms with van der Waals surface area (Å²) in [6, 6.07) is 8.35. The number of rotatable bonds is 10. The molecule has 2 rings (SSSR count). The maximum Gasteiger partial charge on any atom is 0.249 e. The second-order valence-electron chi connectivity index (χ2n) is 6.83. The van der Waals surface area contributed by atoms with Gasteiger partial charge in [-0.05, 0) is 56.9 Å². The molecular weight excluding hydrogens is 449 g/mol. The van der Waals surface area contributed by atoms with E-state index in [0.29, 0.717) is 5.95 Å². The molecule has 0 aliphatic carbocycles. The van der Waals surface area contributed by atoms with Crippen molar-refractivity contribution in [1.82, 2.24) is 9.55 Å². The molecule has 0 N–H and O–H groups in total. The van der Waals surface area contributed by atoms with Gasteiger partial charge in [-0.15, -0.1) is 10.2 Å². The van der Waals surface area contributed by atoms with E-state index in [0.717, 1.165) is 43.6 Å². The van der Waals surface area contributed by atoms with Gasteiger partial charge in [0.1, 0.15) is 0 Å². The van der Waals surface area contributed by atoms with Crippen LogP contribution in [0, 0.1) is 0 Å². The molecule has 148 valence electrons. The lowest BCUT2D eigenvalue weighted by atomic mass is 10.1. The molecule has 0 fully saturated rings. The van der Waals surface area contributed by atoms with E-state index in [2.05, 4.69) is 82.5 Å². The van der Waals surface area contributed by atoms with E-state index in [-0.39, 0.29) is 3.55 Å². The van der Waals surface area contributed by atoms with Gasteiger partial charge in [0.25, 0.3) is 0 Å². The van der Waals surface area contributed by atoms with Gasteiger partial charge in [-0.25, -0.2) is 4.98 Å². The number of hydrogen-bond acceptors (Lipinski definition) is 4. The molecule has 0 aliphatic rings. The highest BCUT2D eigenvalue weighted by Gasteiger charge is 2.29. The van der Waals surface area contributed by atoms with Gasteiger partial charge in [0.15, 0.2) is 0 Å². The smallest absolute Gasteiger partial charge is 0.249 e. The standard InChI is InChI=1S/C21H32IN5/c1-6-10-11-18-16-26(5)20(23-18)25-24-17-12-14-19(15-13-17)27(9-4)21(22,7-2)8-3/h12-16H,6-11H2,1-5H3. The molecule has 1 aromatic carbocycles. The lowest BCUT2D eigenvalue weighted by Crippen LogP contribution is -2.42. The predicted molar refractivity (Wildman–Crippen MR) is 123 cm³/mol.